The maximum atomic E-state index is 12.5. The number of nitrogens with zero attached hydrogens (tertiary/aromatic N) is 3. The highest BCUT2D eigenvalue weighted by atomic mass is 19.3. The van der Waals surface area contributed by atoms with Crippen LogP contribution in [0, 0.1) is 11.3 Å². The van der Waals surface area contributed by atoms with Gasteiger partial charge in [0.1, 0.15) is 18.4 Å². The zero-order chi connectivity index (χ0) is 16.9. The Morgan fingerprint density at radius 3 is 2.50 bits per heavy atom. The molecule has 0 aromatic heterocycles. The Morgan fingerprint density at radius 1 is 1.17 bits per heavy atom. The molecule has 7 heteroatoms. The Morgan fingerprint density at radius 2 is 1.83 bits per heavy atom. The van der Waals surface area contributed by atoms with Gasteiger partial charge in [-0.2, -0.15) is 5.26 Å². The molecule has 0 aliphatic carbocycles. The molecule has 2 saturated heterocycles. The molecule has 130 valence electrons. The molecule has 2 fully saturated rings. The van der Waals surface area contributed by atoms with E-state index in [1.165, 1.54) is 0 Å². The van der Waals surface area contributed by atoms with Gasteiger partial charge in [0, 0.05) is 32.7 Å². The van der Waals surface area contributed by atoms with E-state index >= 15 is 0 Å². The first kappa shape index (κ1) is 17.1. The number of hydrogen-bond donors (Lipinski definition) is 0. The summed E-state index contributed by atoms with van der Waals surface area (Å²) >= 11 is 0. The molecule has 0 N–H and O–H groups in total. The predicted molar refractivity (Wildman–Crippen MR) is 84.2 cm³/mol. The summed E-state index contributed by atoms with van der Waals surface area (Å²) in [5.41, 5.74) is 0.527. The van der Waals surface area contributed by atoms with Crippen molar-refractivity contribution < 1.29 is 18.3 Å². The predicted octanol–water partition coefficient (Wildman–Crippen LogP) is 1.59. The summed E-state index contributed by atoms with van der Waals surface area (Å²) in [5, 5.41) is 9.05. The minimum Gasteiger partial charge on any atom is -0.491 e. The van der Waals surface area contributed by atoms with Crippen LogP contribution in [0.3, 0.4) is 0 Å². The van der Waals surface area contributed by atoms with Gasteiger partial charge in [0.2, 0.25) is 0 Å². The average molecular weight is 337 g/mol. The molecule has 5 nitrogen and oxygen atoms in total. The Bertz CT molecular complexity index is 579. The number of rotatable bonds is 6. The van der Waals surface area contributed by atoms with E-state index in [0.29, 0.717) is 31.0 Å². The summed E-state index contributed by atoms with van der Waals surface area (Å²) in [7, 11) is 0. The van der Waals surface area contributed by atoms with E-state index in [1.54, 1.807) is 23.1 Å². The highest BCUT2D eigenvalue weighted by Gasteiger charge is 2.35. The zero-order valence-corrected chi connectivity index (χ0v) is 13.4. The third-order valence-electron chi connectivity index (χ3n) is 4.30. The molecular formula is C17H21F2N3O2. The van der Waals surface area contributed by atoms with Crippen molar-refractivity contribution in [1.82, 2.24) is 9.80 Å². The molecule has 2 aliphatic rings. The molecule has 2 unspecified atom stereocenters. The quantitative estimate of drug-likeness (QED) is 0.789. The third kappa shape index (κ3) is 4.41. The van der Waals surface area contributed by atoms with Gasteiger partial charge in [-0.1, -0.05) is 12.1 Å². The smallest absolute Gasteiger partial charge is 0.251 e. The molecule has 1 aromatic carbocycles. The highest BCUT2D eigenvalue weighted by Crippen LogP contribution is 2.20. The van der Waals surface area contributed by atoms with Gasteiger partial charge in [0.15, 0.2) is 0 Å². The van der Waals surface area contributed by atoms with Crippen LogP contribution in [0.2, 0.25) is 0 Å². The molecule has 0 amide bonds. The van der Waals surface area contributed by atoms with Gasteiger partial charge in [0.25, 0.3) is 6.43 Å². The van der Waals surface area contributed by atoms with Gasteiger partial charge >= 0.3 is 0 Å². The Balaban J connectivity index is 1.46. The Kier molecular flexibility index (Phi) is 5.61. The molecule has 24 heavy (non-hydrogen) atoms. The Hall–Kier alpha value is -1.75. The van der Waals surface area contributed by atoms with Gasteiger partial charge in [-0.3, -0.25) is 9.80 Å². The van der Waals surface area contributed by atoms with Crippen LogP contribution in [-0.4, -0.2) is 74.3 Å². The van der Waals surface area contributed by atoms with Crippen LogP contribution < -0.4 is 4.74 Å². The standard InChI is InChI=1S/C17H21F2N3O2/c18-17(19)12-22-10-14-8-21(9-15(11-22)24-14)5-6-23-16-4-2-1-3-13(16)7-20/h1-4,14-15,17H,5-6,8-12H2. The lowest BCUT2D eigenvalue weighted by molar-refractivity contribution is -0.144. The van der Waals surface area contributed by atoms with E-state index < -0.39 is 6.43 Å². The summed E-state index contributed by atoms with van der Waals surface area (Å²) < 4.78 is 36.6. The van der Waals surface area contributed by atoms with Gasteiger partial charge in [-0.25, -0.2) is 8.78 Å². The second kappa shape index (κ2) is 7.88. The number of nitriles is 1. The zero-order valence-electron chi connectivity index (χ0n) is 13.4. The molecule has 2 heterocycles. The van der Waals surface area contributed by atoms with Crippen molar-refractivity contribution in [3.05, 3.63) is 29.8 Å². The number of morpholine rings is 2. The number of halogens is 2. The van der Waals surface area contributed by atoms with Crippen molar-refractivity contribution in [2.75, 3.05) is 45.9 Å². The summed E-state index contributed by atoms with van der Waals surface area (Å²) in [6.07, 6.45) is -2.35. The van der Waals surface area contributed by atoms with Crippen molar-refractivity contribution in [3.8, 4) is 11.8 Å². The first-order chi connectivity index (χ1) is 11.6. The molecule has 0 radical (unpaired) electrons. The van der Waals surface area contributed by atoms with E-state index in [2.05, 4.69) is 11.0 Å². The van der Waals surface area contributed by atoms with Crippen molar-refractivity contribution >= 4 is 0 Å². The van der Waals surface area contributed by atoms with Gasteiger partial charge in [0.05, 0.1) is 24.3 Å². The van der Waals surface area contributed by atoms with E-state index in [9.17, 15) is 8.78 Å². The second-order valence-electron chi connectivity index (χ2n) is 6.21. The number of hydrogen-bond acceptors (Lipinski definition) is 5. The fraction of sp³-hybridized carbons (Fsp3) is 0.588. The van der Waals surface area contributed by atoms with Crippen molar-refractivity contribution in [2.24, 2.45) is 0 Å². The normalized spacial score (nSPS) is 24.8. The first-order valence-corrected chi connectivity index (χ1v) is 8.14. The van der Waals surface area contributed by atoms with E-state index in [4.69, 9.17) is 14.7 Å². The second-order valence-corrected chi connectivity index (χ2v) is 6.21. The minimum atomic E-state index is -2.30. The molecule has 1 aromatic rings. The molecule has 0 saturated carbocycles. The topological polar surface area (TPSA) is 48.7 Å². The van der Waals surface area contributed by atoms with Gasteiger partial charge in [-0.05, 0) is 12.1 Å². The lowest BCUT2D eigenvalue weighted by atomic mass is 10.1. The van der Waals surface area contributed by atoms with E-state index in [0.717, 1.165) is 19.6 Å². The monoisotopic (exact) mass is 337 g/mol. The number of fused-ring (bicyclic) bond motifs is 2. The van der Waals surface area contributed by atoms with Crippen LogP contribution in [0.1, 0.15) is 5.56 Å². The van der Waals surface area contributed by atoms with E-state index in [-0.39, 0.29) is 18.8 Å². The van der Waals surface area contributed by atoms with Crippen LogP contribution in [0.4, 0.5) is 8.78 Å². The lowest BCUT2D eigenvalue weighted by Crippen LogP contribution is -2.60. The SMILES string of the molecule is N#Cc1ccccc1OCCN1CC2CN(CC(F)F)CC(C1)O2. The largest absolute Gasteiger partial charge is 0.491 e. The molecule has 3 rings (SSSR count). The van der Waals surface area contributed by atoms with Crippen LogP contribution >= 0.6 is 0 Å². The average Bonchev–Trinajstić information content (AvgIpc) is 2.54. The molecule has 0 spiro atoms. The summed E-state index contributed by atoms with van der Waals surface area (Å²) in [4.78, 5) is 4.04. The summed E-state index contributed by atoms with van der Waals surface area (Å²) in [6, 6.07) is 9.27. The summed E-state index contributed by atoms with van der Waals surface area (Å²) in [5.74, 6) is 0.594. The summed E-state index contributed by atoms with van der Waals surface area (Å²) in [6.45, 7) is 3.58. The molecular weight excluding hydrogens is 316 g/mol. The van der Waals surface area contributed by atoms with Crippen molar-refractivity contribution in [1.29, 1.82) is 5.26 Å². The number of para-hydroxylation sites is 1. The van der Waals surface area contributed by atoms with Crippen LogP contribution in [0.25, 0.3) is 0 Å². The van der Waals surface area contributed by atoms with Crippen molar-refractivity contribution in [3.63, 3.8) is 0 Å². The number of ether oxygens (including phenoxy) is 2. The fourth-order valence-corrected chi connectivity index (χ4v) is 3.36. The van der Waals surface area contributed by atoms with Crippen LogP contribution in [0.5, 0.6) is 5.75 Å². The highest BCUT2D eigenvalue weighted by molar-refractivity contribution is 5.42. The van der Waals surface area contributed by atoms with Crippen LogP contribution in [0.15, 0.2) is 24.3 Å². The fourth-order valence-electron chi connectivity index (χ4n) is 3.36. The maximum absolute atomic E-state index is 12.5. The lowest BCUT2D eigenvalue weighted by Gasteiger charge is -2.45. The van der Waals surface area contributed by atoms with Gasteiger partial charge < -0.3 is 9.47 Å². The minimum absolute atomic E-state index is 0.0253. The van der Waals surface area contributed by atoms with Crippen molar-refractivity contribution in [2.45, 2.75) is 18.6 Å². The van der Waals surface area contributed by atoms with E-state index in [1.807, 2.05) is 6.07 Å². The number of alkyl halides is 2. The van der Waals surface area contributed by atoms with Crippen LogP contribution in [-0.2, 0) is 4.74 Å². The van der Waals surface area contributed by atoms with Gasteiger partial charge in [-0.15, -0.1) is 0 Å². The molecule has 2 bridgehead atoms. The molecule has 2 atom stereocenters. The maximum Gasteiger partial charge on any atom is 0.251 e. The Labute approximate surface area is 140 Å². The number of benzene rings is 1. The third-order valence-corrected chi connectivity index (χ3v) is 4.30. The first-order valence-electron chi connectivity index (χ1n) is 8.14. The molecule has 2 aliphatic heterocycles.